The molecule has 1 N–H and O–H groups in total. The third kappa shape index (κ3) is 3.17. The Balaban J connectivity index is 1.84. The van der Waals surface area contributed by atoms with Crippen molar-refractivity contribution < 1.29 is 0 Å². The predicted molar refractivity (Wildman–Crippen MR) is 89.6 cm³/mol. The molecule has 3 rings (SSSR count). The minimum Gasteiger partial charge on any atom is -0.319 e. The molecule has 2 heteroatoms. The van der Waals surface area contributed by atoms with E-state index in [1.54, 1.807) is 0 Å². The fourth-order valence-electron chi connectivity index (χ4n) is 3.82. The molecule has 0 aromatic heterocycles. The molecule has 2 aliphatic rings. The molecular formula is C19H30N2. The number of nitrogens with one attached hydrogen (secondary N) is 1. The average Bonchev–Trinajstić information content (AvgIpc) is 3.20. The van der Waals surface area contributed by atoms with Gasteiger partial charge in [0.15, 0.2) is 0 Å². The van der Waals surface area contributed by atoms with Gasteiger partial charge in [0, 0.05) is 12.1 Å². The van der Waals surface area contributed by atoms with E-state index in [4.69, 9.17) is 0 Å². The molecule has 0 spiro atoms. The molecule has 1 saturated heterocycles. The van der Waals surface area contributed by atoms with Crippen molar-refractivity contribution in [3.63, 3.8) is 0 Å². The van der Waals surface area contributed by atoms with Crippen LogP contribution in [0.25, 0.3) is 0 Å². The van der Waals surface area contributed by atoms with Crippen LogP contribution in [0, 0.1) is 5.92 Å². The molecule has 0 bridgehead atoms. The molecule has 1 saturated carbocycles. The van der Waals surface area contributed by atoms with Gasteiger partial charge in [-0.05, 0) is 61.9 Å². The third-order valence-electron chi connectivity index (χ3n) is 5.16. The average molecular weight is 286 g/mol. The molecule has 116 valence electrons. The van der Waals surface area contributed by atoms with Crippen LogP contribution in [0.2, 0.25) is 0 Å². The lowest BCUT2D eigenvalue weighted by molar-refractivity contribution is 0.217. The van der Waals surface area contributed by atoms with Crippen LogP contribution in [0.15, 0.2) is 24.3 Å². The molecule has 0 amide bonds. The SMILES string of the molecule is CNCC1CCN(C2CC2)C1c1ccc(C(C)(C)C)cc1. The second-order valence-electron chi connectivity index (χ2n) is 7.89. The second-order valence-corrected chi connectivity index (χ2v) is 7.89. The molecule has 1 heterocycles. The summed E-state index contributed by atoms with van der Waals surface area (Å²) >= 11 is 0. The van der Waals surface area contributed by atoms with Gasteiger partial charge in [0.05, 0.1) is 0 Å². The molecule has 21 heavy (non-hydrogen) atoms. The van der Waals surface area contributed by atoms with Crippen LogP contribution < -0.4 is 5.32 Å². The Morgan fingerprint density at radius 2 is 1.76 bits per heavy atom. The van der Waals surface area contributed by atoms with Crippen LogP contribution in [-0.2, 0) is 5.41 Å². The van der Waals surface area contributed by atoms with Gasteiger partial charge in [-0.15, -0.1) is 0 Å². The zero-order chi connectivity index (χ0) is 15.0. The molecule has 2 atom stereocenters. The molecule has 2 fully saturated rings. The summed E-state index contributed by atoms with van der Waals surface area (Å²) in [6.07, 6.45) is 4.15. The monoisotopic (exact) mass is 286 g/mol. The highest BCUT2D eigenvalue weighted by Gasteiger charge is 2.42. The first-order valence-electron chi connectivity index (χ1n) is 8.51. The molecular weight excluding hydrogens is 256 g/mol. The van der Waals surface area contributed by atoms with Gasteiger partial charge in [-0.1, -0.05) is 45.0 Å². The maximum Gasteiger partial charge on any atom is 0.0391 e. The van der Waals surface area contributed by atoms with Crippen LogP contribution >= 0.6 is 0 Å². The number of hydrogen-bond donors (Lipinski definition) is 1. The molecule has 2 unspecified atom stereocenters. The van der Waals surface area contributed by atoms with Crippen molar-refractivity contribution >= 4 is 0 Å². The van der Waals surface area contributed by atoms with Crippen molar-refractivity contribution in [1.29, 1.82) is 0 Å². The zero-order valence-corrected chi connectivity index (χ0v) is 14.0. The molecule has 1 aromatic carbocycles. The highest BCUT2D eigenvalue weighted by Crippen LogP contribution is 2.44. The van der Waals surface area contributed by atoms with E-state index >= 15 is 0 Å². The summed E-state index contributed by atoms with van der Waals surface area (Å²) < 4.78 is 0. The van der Waals surface area contributed by atoms with E-state index in [1.165, 1.54) is 36.9 Å². The Morgan fingerprint density at radius 3 is 2.29 bits per heavy atom. The van der Waals surface area contributed by atoms with E-state index in [2.05, 4.69) is 62.3 Å². The quantitative estimate of drug-likeness (QED) is 0.907. The zero-order valence-electron chi connectivity index (χ0n) is 14.0. The van der Waals surface area contributed by atoms with Gasteiger partial charge in [0.25, 0.3) is 0 Å². The summed E-state index contributed by atoms with van der Waals surface area (Å²) in [5.74, 6) is 0.760. The van der Waals surface area contributed by atoms with Crippen molar-refractivity contribution in [2.75, 3.05) is 20.1 Å². The van der Waals surface area contributed by atoms with Crippen LogP contribution in [0.1, 0.15) is 57.2 Å². The fourth-order valence-corrected chi connectivity index (χ4v) is 3.82. The highest BCUT2D eigenvalue weighted by atomic mass is 15.2. The Kier molecular flexibility index (Phi) is 4.11. The minimum atomic E-state index is 0.245. The van der Waals surface area contributed by atoms with Gasteiger partial charge < -0.3 is 5.32 Å². The van der Waals surface area contributed by atoms with Crippen LogP contribution in [-0.4, -0.2) is 31.1 Å². The van der Waals surface area contributed by atoms with Crippen LogP contribution in [0.5, 0.6) is 0 Å². The van der Waals surface area contributed by atoms with E-state index in [0.717, 1.165) is 18.5 Å². The number of hydrogen-bond acceptors (Lipinski definition) is 2. The number of nitrogens with zero attached hydrogens (tertiary/aromatic N) is 1. The van der Waals surface area contributed by atoms with Gasteiger partial charge in [-0.3, -0.25) is 4.90 Å². The van der Waals surface area contributed by atoms with E-state index < -0.39 is 0 Å². The Hall–Kier alpha value is -0.860. The maximum atomic E-state index is 3.40. The van der Waals surface area contributed by atoms with Crippen molar-refractivity contribution in [2.45, 2.75) is 57.5 Å². The van der Waals surface area contributed by atoms with Gasteiger partial charge in [0.2, 0.25) is 0 Å². The number of likely N-dealkylation sites (tertiary alicyclic amines) is 1. The summed E-state index contributed by atoms with van der Waals surface area (Å²) in [5.41, 5.74) is 3.20. The summed E-state index contributed by atoms with van der Waals surface area (Å²) in [7, 11) is 2.08. The van der Waals surface area contributed by atoms with E-state index in [-0.39, 0.29) is 5.41 Å². The van der Waals surface area contributed by atoms with Gasteiger partial charge in [0.1, 0.15) is 0 Å². The normalized spacial score (nSPS) is 27.2. The molecule has 0 radical (unpaired) electrons. The summed E-state index contributed by atoms with van der Waals surface area (Å²) in [6, 6.07) is 10.9. The summed E-state index contributed by atoms with van der Waals surface area (Å²) in [4.78, 5) is 2.77. The Labute approximate surface area is 129 Å². The Bertz CT molecular complexity index is 467. The van der Waals surface area contributed by atoms with Crippen molar-refractivity contribution in [2.24, 2.45) is 5.92 Å². The highest BCUT2D eigenvalue weighted by molar-refractivity contribution is 5.30. The van der Waals surface area contributed by atoms with Crippen molar-refractivity contribution in [1.82, 2.24) is 10.2 Å². The molecule has 2 nitrogen and oxygen atoms in total. The van der Waals surface area contributed by atoms with E-state index in [1.807, 2.05) is 0 Å². The first kappa shape index (κ1) is 15.1. The number of rotatable bonds is 4. The lowest BCUT2D eigenvalue weighted by Gasteiger charge is -2.29. The first-order chi connectivity index (χ1) is 10.0. The smallest absolute Gasteiger partial charge is 0.0391 e. The van der Waals surface area contributed by atoms with Gasteiger partial charge in [-0.25, -0.2) is 0 Å². The first-order valence-corrected chi connectivity index (χ1v) is 8.51. The topological polar surface area (TPSA) is 15.3 Å². The molecule has 1 aliphatic heterocycles. The number of benzene rings is 1. The predicted octanol–water partition coefficient (Wildman–Crippen LogP) is 3.73. The lowest BCUT2D eigenvalue weighted by Crippen LogP contribution is -2.30. The maximum absolute atomic E-state index is 3.40. The van der Waals surface area contributed by atoms with Gasteiger partial charge in [-0.2, -0.15) is 0 Å². The van der Waals surface area contributed by atoms with Crippen LogP contribution in [0.4, 0.5) is 0 Å². The largest absolute Gasteiger partial charge is 0.319 e. The summed E-state index contributed by atoms with van der Waals surface area (Å²) in [5, 5.41) is 3.40. The van der Waals surface area contributed by atoms with Gasteiger partial charge >= 0.3 is 0 Å². The molecule has 1 aliphatic carbocycles. The van der Waals surface area contributed by atoms with E-state index in [0.29, 0.717) is 6.04 Å². The third-order valence-corrected chi connectivity index (χ3v) is 5.16. The van der Waals surface area contributed by atoms with Crippen molar-refractivity contribution in [3.05, 3.63) is 35.4 Å². The Morgan fingerprint density at radius 1 is 1.10 bits per heavy atom. The molecule has 1 aromatic rings. The minimum absolute atomic E-state index is 0.245. The van der Waals surface area contributed by atoms with E-state index in [9.17, 15) is 0 Å². The lowest BCUT2D eigenvalue weighted by atomic mass is 9.85. The second kappa shape index (κ2) is 5.73. The summed E-state index contributed by atoms with van der Waals surface area (Å²) in [6.45, 7) is 9.28. The van der Waals surface area contributed by atoms with Crippen molar-refractivity contribution in [3.8, 4) is 0 Å². The fraction of sp³-hybridized carbons (Fsp3) is 0.684. The van der Waals surface area contributed by atoms with Crippen LogP contribution in [0.3, 0.4) is 0 Å². The standard InChI is InChI=1S/C19H30N2/c1-19(2,3)16-7-5-14(6-8-16)18-15(13-20-4)11-12-21(18)17-9-10-17/h5-8,15,17-18,20H,9-13H2,1-4H3.